The standard InChI is InChI=1S/C15H21FO3/c1-11(2)10-19-8-7-13(15(17)18)9-12-3-5-14(16)6-4-12/h3-6,11,13H,7-10H2,1-2H3,(H,17,18). The van der Waals surface area contributed by atoms with Crippen LogP contribution in [0.25, 0.3) is 0 Å². The summed E-state index contributed by atoms with van der Waals surface area (Å²) in [5.74, 6) is -1.19. The maximum Gasteiger partial charge on any atom is 0.306 e. The Hall–Kier alpha value is -1.42. The number of hydrogen-bond acceptors (Lipinski definition) is 2. The van der Waals surface area contributed by atoms with Gasteiger partial charge in [0.1, 0.15) is 5.82 Å². The number of carbonyl (C=O) groups is 1. The predicted molar refractivity (Wildman–Crippen MR) is 71.5 cm³/mol. The highest BCUT2D eigenvalue weighted by atomic mass is 19.1. The summed E-state index contributed by atoms with van der Waals surface area (Å²) in [6, 6.07) is 5.95. The summed E-state index contributed by atoms with van der Waals surface area (Å²) >= 11 is 0. The van der Waals surface area contributed by atoms with E-state index in [1.807, 2.05) is 13.8 Å². The molecular weight excluding hydrogens is 247 g/mol. The van der Waals surface area contributed by atoms with E-state index < -0.39 is 11.9 Å². The molecule has 0 fully saturated rings. The van der Waals surface area contributed by atoms with Crippen molar-refractivity contribution in [3.63, 3.8) is 0 Å². The zero-order chi connectivity index (χ0) is 14.3. The van der Waals surface area contributed by atoms with Crippen LogP contribution in [-0.2, 0) is 16.0 Å². The molecule has 1 unspecified atom stereocenters. The lowest BCUT2D eigenvalue weighted by Crippen LogP contribution is -2.19. The van der Waals surface area contributed by atoms with Gasteiger partial charge in [0.15, 0.2) is 0 Å². The second-order valence-electron chi connectivity index (χ2n) is 5.12. The summed E-state index contributed by atoms with van der Waals surface area (Å²) in [5.41, 5.74) is 0.831. The van der Waals surface area contributed by atoms with E-state index in [0.29, 0.717) is 32.0 Å². The van der Waals surface area contributed by atoms with E-state index in [2.05, 4.69) is 0 Å². The van der Waals surface area contributed by atoms with Crippen LogP contribution in [0.4, 0.5) is 4.39 Å². The van der Waals surface area contributed by atoms with E-state index in [4.69, 9.17) is 9.84 Å². The van der Waals surface area contributed by atoms with Gasteiger partial charge in [-0.15, -0.1) is 0 Å². The fraction of sp³-hybridized carbons (Fsp3) is 0.533. The highest BCUT2D eigenvalue weighted by Crippen LogP contribution is 2.14. The number of benzene rings is 1. The van der Waals surface area contributed by atoms with Gasteiger partial charge in [-0.2, -0.15) is 0 Å². The van der Waals surface area contributed by atoms with Gasteiger partial charge in [0.2, 0.25) is 0 Å². The Morgan fingerprint density at radius 1 is 1.32 bits per heavy atom. The molecule has 0 saturated heterocycles. The van der Waals surface area contributed by atoms with Crippen LogP contribution in [0.15, 0.2) is 24.3 Å². The van der Waals surface area contributed by atoms with Crippen molar-refractivity contribution >= 4 is 5.97 Å². The smallest absolute Gasteiger partial charge is 0.306 e. The monoisotopic (exact) mass is 268 g/mol. The minimum absolute atomic E-state index is 0.309. The third-order valence-electron chi connectivity index (χ3n) is 2.81. The lowest BCUT2D eigenvalue weighted by molar-refractivity contribution is -0.142. The third kappa shape index (κ3) is 6.34. The first-order valence-electron chi connectivity index (χ1n) is 6.54. The molecule has 1 atom stereocenters. The number of ether oxygens (including phenoxy) is 1. The largest absolute Gasteiger partial charge is 0.481 e. The van der Waals surface area contributed by atoms with Crippen molar-refractivity contribution in [1.82, 2.24) is 0 Å². The van der Waals surface area contributed by atoms with Gasteiger partial charge in [0.05, 0.1) is 5.92 Å². The van der Waals surface area contributed by atoms with Crippen LogP contribution < -0.4 is 0 Å². The van der Waals surface area contributed by atoms with E-state index in [1.54, 1.807) is 12.1 Å². The van der Waals surface area contributed by atoms with E-state index in [1.165, 1.54) is 12.1 Å². The molecule has 0 aliphatic carbocycles. The predicted octanol–water partition coefficient (Wildman–Crippen LogP) is 3.13. The molecular formula is C15H21FO3. The molecule has 106 valence electrons. The summed E-state index contributed by atoms with van der Waals surface area (Å²) in [6.07, 6.45) is 0.875. The first-order chi connectivity index (χ1) is 8.99. The molecule has 1 N–H and O–H groups in total. The molecule has 4 heteroatoms. The van der Waals surface area contributed by atoms with E-state index in [9.17, 15) is 9.18 Å². The lowest BCUT2D eigenvalue weighted by atomic mass is 9.96. The number of aliphatic carboxylic acids is 1. The van der Waals surface area contributed by atoms with Gasteiger partial charge < -0.3 is 9.84 Å². The molecule has 0 aromatic heterocycles. The Morgan fingerprint density at radius 2 is 1.95 bits per heavy atom. The molecule has 0 heterocycles. The van der Waals surface area contributed by atoms with Gasteiger partial charge >= 0.3 is 5.97 Å². The van der Waals surface area contributed by atoms with Crippen LogP contribution in [0, 0.1) is 17.7 Å². The Morgan fingerprint density at radius 3 is 2.47 bits per heavy atom. The molecule has 0 amide bonds. The van der Waals surface area contributed by atoms with Crippen LogP contribution >= 0.6 is 0 Å². The molecule has 0 radical (unpaired) electrons. The fourth-order valence-electron chi connectivity index (χ4n) is 1.76. The Kier molecular flexibility index (Phi) is 6.50. The highest BCUT2D eigenvalue weighted by Gasteiger charge is 2.17. The highest BCUT2D eigenvalue weighted by molar-refractivity contribution is 5.70. The van der Waals surface area contributed by atoms with E-state index >= 15 is 0 Å². The average Bonchev–Trinajstić information content (AvgIpc) is 2.35. The van der Waals surface area contributed by atoms with Crippen molar-refractivity contribution in [3.05, 3.63) is 35.6 Å². The summed E-state index contributed by atoms with van der Waals surface area (Å²) in [7, 11) is 0. The maximum atomic E-state index is 12.8. The maximum absolute atomic E-state index is 12.8. The Labute approximate surface area is 113 Å². The average molecular weight is 268 g/mol. The van der Waals surface area contributed by atoms with Crippen LogP contribution in [0.3, 0.4) is 0 Å². The minimum atomic E-state index is -0.836. The first kappa shape index (κ1) is 15.6. The topological polar surface area (TPSA) is 46.5 Å². The van der Waals surface area contributed by atoms with E-state index in [0.717, 1.165) is 5.56 Å². The van der Waals surface area contributed by atoms with Crippen molar-refractivity contribution < 1.29 is 19.0 Å². The van der Waals surface area contributed by atoms with Gasteiger partial charge in [-0.3, -0.25) is 4.79 Å². The van der Waals surface area contributed by atoms with Crippen molar-refractivity contribution in [2.45, 2.75) is 26.7 Å². The van der Waals surface area contributed by atoms with Crippen LogP contribution in [0.2, 0.25) is 0 Å². The molecule has 0 aliphatic rings. The summed E-state index contributed by atoms with van der Waals surface area (Å²) in [4.78, 5) is 11.2. The van der Waals surface area contributed by atoms with Crippen LogP contribution in [0.5, 0.6) is 0 Å². The first-order valence-corrected chi connectivity index (χ1v) is 6.54. The minimum Gasteiger partial charge on any atom is -0.481 e. The van der Waals surface area contributed by atoms with Gasteiger partial charge in [0, 0.05) is 13.2 Å². The second-order valence-corrected chi connectivity index (χ2v) is 5.12. The zero-order valence-electron chi connectivity index (χ0n) is 11.4. The molecule has 1 aromatic rings. The number of carboxylic acid groups (broad SMARTS) is 1. The summed E-state index contributed by atoms with van der Waals surface area (Å²) in [6.45, 7) is 5.18. The quantitative estimate of drug-likeness (QED) is 0.737. The molecule has 1 aromatic carbocycles. The zero-order valence-corrected chi connectivity index (χ0v) is 11.4. The van der Waals surface area contributed by atoms with E-state index in [-0.39, 0.29) is 5.82 Å². The molecule has 0 bridgehead atoms. The molecule has 3 nitrogen and oxygen atoms in total. The third-order valence-corrected chi connectivity index (χ3v) is 2.81. The van der Waals surface area contributed by atoms with Crippen molar-refractivity contribution in [3.8, 4) is 0 Å². The normalized spacial score (nSPS) is 12.6. The summed E-state index contributed by atoms with van der Waals surface area (Å²) in [5, 5.41) is 9.17. The molecule has 1 rings (SSSR count). The van der Waals surface area contributed by atoms with Crippen molar-refractivity contribution in [2.24, 2.45) is 11.8 Å². The lowest BCUT2D eigenvalue weighted by Gasteiger charge is -2.13. The number of carboxylic acids is 1. The molecule has 19 heavy (non-hydrogen) atoms. The van der Waals surface area contributed by atoms with Gasteiger partial charge in [-0.1, -0.05) is 26.0 Å². The molecule has 0 spiro atoms. The molecule has 0 saturated carbocycles. The van der Waals surface area contributed by atoms with Crippen LogP contribution in [0.1, 0.15) is 25.8 Å². The molecule has 0 aliphatic heterocycles. The number of rotatable bonds is 8. The van der Waals surface area contributed by atoms with Gasteiger partial charge in [0.25, 0.3) is 0 Å². The summed E-state index contributed by atoms with van der Waals surface area (Å²) < 4.78 is 18.2. The Bertz CT molecular complexity index is 387. The second kappa shape index (κ2) is 7.89. The SMILES string of the molecule is CC(C)COCCC(Cc1ccc(F)cc1)C(=O)O. The number of hydrogen-bond donors (Lipinski definition) is 1. The van der Waals surface area contributed by atoms with Crippen molar-refractivity contribution in [1.29, 1.82) is 0 Å². The van der Waals surface area contributed by atoms with Crippen molar-refractivity contribution in [2.75, 3.05) is 13.2 Å². The van der Waals surface area contributed by atoms with Gasteiger partial charge in [-0.25, -0.2) is 4.39 Å². The Balaban J connectivity index is 2.44. The fourth-order valence-corrected chi connectivity index (χ4v) is 1.76. The van der Waals surface area contributed by atoms with Crippen LogP contribution in [-0.4, -0.2) is 24.3 Å². The number of halogens is 1. The van der Waals surface area contributed by atoms with Gasteiger partial charge in [-0.05, 0) is 36.5 Å².